The average molecular weight is 299 g/mol. The number of carbonyl (C=O) groups is 2. The Morgan fingerprint density at radius 3 is 2.55 bits per heavy atom. The summed E-state index contributed by atoms with van der Waals surface area (Å²) >= 11 is 0. The van der Waals surface area contributed by atoms with Crippen LogP contribution in [0.1, 0.15) is 21.5 Å². The van der Waals surface area contributed by atoms with E-state index in [2.05, 4.69) is 5.32 Å². The van der Waals surface area contributed by atoms with Crippen molar-refractivity contribution < 1.29 is 19.4 Å². The van der Waals surface area contributed by atoms with Crippen molar-refractivity contribution in [1.29, 1.82) is 0 Å². The number of ether oxygens (including phenoxy) is 1. The number of aromatic hydroxyl groups is 1. The number of benzene rings is 2. The molecule has 0 spiro atoms. The van der Waals surface area contributed by atoms with E-state index in [0.717, 1.165) is 11.1 Å². The van der Waals surface area contributed by atoms with Gasteiger partial charge in [-0.15, -0.1) is 0 Å². The van der Waals surface area contributed by atoms with E-state index in [0.29, 0.717) is 5.69 Å². The molecule has 0 saturated heterocycles. The van der Waals surface area contributed by atoms with Crippen molar-refractivity contribution in [2.45, 2.75) is 13.8 Å². The van der Waals surface area contributed by atoms with Gasteiger partial charge in [-0.25, -0.2) is 4.79 Å². The second kappa shape index (κ2) is 6.76. The third-order valence-corrected chi connectivity index (χ3v) is 3.21. The molecule has 22 heavy (non-hydrogen) atoms. The Kier molecular flexibility index (Phi) is 4.78. The van der Waals surface area contributed by atoms with Crippen LogP contribution in [0.15, 0.2) is 42.5 Å². The number of esters is 1. The number of anilines is 1. The molecule has 0 unspecified atom stereocenters. The van der Waals surface area contributed by atoms with Crippen LogP contribution in [0.3, 0.4) is 0 Å². The van der Waals surface area contributed by atoms with Gasteiger partial charge in [0.15, 0.2) is 6.61 Å². The molecule has 0 atom stereocenters. The van der Waals surface area contributed by atoms with Gasteiger partial charge in [0.25, 0.3) is 5.91 Å². The van der Waals surface area contributed by atoms with Crippen LogP contribution in [0.2, 0.25) is 0 Å². The summed E-state index contributed by atoms with van der Waals surface area (Å²) in [5.41, 5.74) is 3.04. The van der Waals surface area contributed by atoms with E-state index < -0.39 is 11.9 Å². The zero-order valence-electron chi connectivity index (χ0n) is 12.4. The van der Waals surface area contributed by atoms with E-state index in [4.69, 9.17) is 4.74 Å². The number of carbonyl (C=O) groups excluding carboxylic acids is 2. The molecule has 0 bridgehead atoms. The van der Waals surface area contributed by atoms with Crippen molar-refractivity contribution >= 4 is 17.6 Å². The highest BCUT2D eigenvalue weighted by Crippen LogP contribution is 2.14. The lowest BCUT2D eigenvalue weighted by Gasteiger charge is -2.08. The molecule has 5 nitrogen and oxygen atoms in total. The summed E-state index contributed by atoms with van der Waals surface area (Å²) in [4.78, 5) is 23.5. The van der Waals surface area contributed by atoms with Crippen LogP contribution in [-0.2, 0) is 9.53 Å². The van der Waals surface area contributed by atoms with Gasteiger partial charge in [0, 0.05) is 5.69 Å². The van der Waals surface area contributed by atoms with Crippen LogP contribution in [0.4, 0.5) is 5.69 Å². The van der Waals surface area contributed by atoms with E-state index in [1.54, 1.807) is 6.07 Å². The summed E-state index contributed by atoms with van der Waals surface area (Å²) in [6.07, 6.45) is 0. The highest BCUT2D eigenvalue weighted by atomic mass is 16.5. The molecule has 0 saturated carbocycles. The average Bonchev–Trinajstić information content (AvgIpc) is 2.48. The van der Waals surface area contributed by atoms with Gasteiger partial charge in [0.2, 0.25) is 0 Å². The number of rotatable bonds is 4. The summed E-state index contributed by atoms with van der Waals surface area (Å²) < 4.78 is 4.91. The Labute approximate surface area is 128 Å². The minimum Gasteiger partial charge on any atom is -0.508 e. The Morgan fingerprint density at radius 1 is 1.09 bits per heavy atom. The molecular weight excluding hydrogens is 282 g/mol. The number of aryl methyl sites for hydroxylation is 2. The normalized spacial score (nSPS) is 10.1. The molecular formula is C17H17NO4. The van der Waals surface area contributed by atoms with Crippen LogP contribution in [0, 0.1) is 13.8 Å². The fraction of sp³-hybridized carbons (Fsp3) is 0.176. The molecule has 2 aromatic rings. The highest BCUT2D eigenvalue weighted by Gasteiger charge is 2.11. The van der Waals surface area contributed by atoms with Crippen molar-refractivity contribution in [3.05, 3.63) is 59.2 Å². The number of phenolic OH excluding ortho intramolecular Hbond substituents is 1. The van der Waals surface area contributed by atoms with Crippen molar-refractivity contribution in [2.75, 3.05) is 11.9 Å². The first-order valence-corrected chi connectivity index (χ1v) is 6.79. The first kappa shape index (κ1) is 15.6. The summed E-state index contributed by atoms with van der Waals surface area (Å²) in [6.45, 7) is 3.55. The van der Waals surface area contributed by atoms with Crippen molar-refractivity contribution in [1.82, 2.24) is 0 Å². The van der Waals surface area contributed by atoms with E-state index in [9.17, 15) is 14.7 Å². The minimum atomic E-state index is -0.661. The molecule has 2 rings (SSSR count). The Balaban J connectivity index is 1.90. The number of hydrogen-bond acceptors (Lipinski definition) is 4. The Morgan fingerprint density at radius 2 is 1.86 bits per heavy atom. The van der Waals surface area contributed by atoms with Crippen LogP contribution >= 0.6 is 0 Å². The van der Waals surface area contributed by atoms with Crippen LogP contribution < -0.4 is 5.32 Å². The zero-order chi connectivity index (χ0) is 16.1. The second-order valence-corrected chi connectivity index (χ2v) is 4.97. The highest BCUT2D eigenvalue weighted by molar-refractivity contribution is 5.95. The predicted molar refractivity (Wildman–Crippen MR) is 82.9 cm³/mol. The summed E-state index contributed by atoms with van der Waals surface area (Å²) in [7, 11) is 0. The van der Waals surface area contributed by atoms with Crippen LogP contribution in [0.5, 0.6) is 5.75 Å². The Bertz CT molecular complexity index is 710. The first-order chi connectivity index (χ1) is 10.5. The largest absolute Gasteiger partial charge is 0.508 e. The summed E-state index contributed by atoms with van der Waals surface area (Å²) in [5.74, 6) is -1.11. The maximum atomic E-state index is 11.8. The van der Waals surface area contributed by atoms with Gasteiger partial charge in [-0.1, -0.05) is 12.1 Å². The predicted octanol–water partition coefficient (Wildman–Crippen LogP) is 2.80. The molecule has 0 radical (unpaired) electrons. The standard InChI is InChI=1S/C17H17NO4/c1-11-6-7-14(8-12(11)2)18-16(20)10-22-17(21)13-4-3-5-15(19)9-13/h3-9,19H,10H2,1-2H3,(H,18,20). The summed E-state index contributed by atoms with van der Waals surface area (Å²) in [5, 5.41) is 12.0. The maximum Gasteiger partial charge on any atom is 0.338 e. The molecule has 114 valence electrons. The van der Waals surface area contributed by atoms with E-state index >= 15 is 0 Å². The molecule has 2 N–H and O–H groups in total. The second-order valence-electron chi connectivity index (χ2n) is 4.97. The molecule has 0 aromatic heterocycles. The quantitative estimate of drug-likeness (QED) is 0.851. The molecule has 0 aliphatic carbocycles. The van der Waals surface area contributed by atoms with E-state index in [1.807, 2.05) is 26.0 Å². The fourth-order valence-electron chi connectivity index (χ4n) is 1.86. The zero-order valence-corrected chi connectivity index (χ0v) is 12.4. The monoisotopic (exact) mass is 299 g/mol. The van der Waals surface area contributed by atoms with Crippen molar-refractivity contribution in [3.63, 3.8) is 0 Å². The number of hydrogen-bond donors (Lipinski definition) is 2. The lowest BCUT2D eigenvalue weighted by molar-refractivity contribution is -0.119. The number of nitrogens with one attached hydrogen (secondary N) is 1. The third kappa shape index (κ3) is 4.09. The van der Waals surface area contributed by atoms with Crippen LogP contribution in [0.25, 0.3) is 0 Å². The van der Waals surface area contributed by atoms with Gasteiger partial charge >= 0.3 is 5.97 Å². The van der Waals surface area contributed by atoms with Gasteiger partial charge in [-0.2, -0.15) is 0 Å². The molecule has 2 aromatic carbocycles. The molecule has 5 heteroatoms. The van der Waals surface area contributed by atoms with Gasteiger partial charge in [0.1, 0.15) is 5.75 Å². The topological polar surface area (TPSA) is 75.6 Å². The SMILES string of the molecule is Cc1ccc(NC(=O)COC(=O)c2cccc(O)c2)cc1C. The van der Waals surface area contributed by atoms with Gasteiger partial charge in [0.05, 0.1) is 5.56 Å². The first-order valence-electron chi connectivity index (χ1n) is 6.79. The Hall–Kier alpha value is -2.82. The van der Waals surface area contributed by atoms with Gasteiger partial charge in [-0.05, 0) is 55.3 Å². The van der Waals surface area contributed by atoms with Crippen molar-refractivity contribution in [2.24, 2.45) is 0 Å². The lowest BCUT2D eigenvalue weighted by Crippen LogP contribution is -2.21. The summed E-state index contributed by atoms with van der Waals surface area (Å²) in [6, 6.07) is 11.3. The minimum absolute atomic E-state index is 0.0333. The van der Waals surface area contributed by atoms with E-state index in [-0.39, 0.29) is 17.9 Å². The molecule has 0 aliphatic rings. The molecule has 0 heterocycles. The number of phenols is 1. The molecule has 0 aliphatic heterocycles. The smallest absolute Gasteiger partial charge is 0.338 e. The number of amides is 1. The third-order valence-electron chi connectivity index (χ3n) is 3.21. The van der Waals surface area contributed by atoms with Crippen molar-refractivity contribution in [3.8, 4) is 5.75 Å². The fourth-order valence-corrected chi connectivity index (χ4v) is 1.86. The molecule has 1 amide bonds. The molecule has 0 fully saturated rings. The van der Waals surface area contributed by atoms with Gasteiger partial charge in [-0.3, -0.25) is 4.79 Å². The maximum absolute atomic E-state index is 11.8. The van der Waals surface area contributed by atoms with Crippen LogP contribution in [-0.4, -0.2) is 23.6 Å². The van der Waals surface area contributed by atoms with E-state index in [1.165, 1.54) is 24.3 Å². The lowest BCUT2D eigenvalue weighted by atomic mass is 10.1. The van der Waals surface area contributed by atoms with Gasteiger partial charge < -0.3 is 15.2 Å².